The number of rotatable bonds is 7. The van der Waals surface area contributed by atoms with Crippen LogP contribution in [0.1, 0.15) is 20.8 Å². The molecular formula is C20H17ClF2N4O3. The van der Waals surface area contributed by atoms with Gasteiger partial charge in [-0.1, -0.05) is 29.8 Å². The van der Waals surface area contributed by atoms with E-state index in [2.05, 4.69) is 15.5 Å². The Bertz CT molecular complexity index is 1060. The fourth-order valence-corrected chi connectivity index (χ4v) is 2.90. The van der Waals surface area contributed by atoms with Crippen LogP contribution in [0.3, 0.4) is 0 Å². The van der Waals surface area contributed by atoms with Crippen molar-refractivity contribution in [3.05, 3.63) is 76.4 Å². The zero-order chi connectivity index (χ0) is 21.7. The molecule has 7 nitrogen and oxygen atoms in total. The lowest BCUT2D eigenvalue weighted by molar-refractivity contribution is 0.0970. The number of aromatic amines is 1. The summed E-state index contributed by atoms with van der Waals surface area (Å²) in [5, 5.41) is 8.58. The highest BCUT2D eigenvalue weighted by Crippen LogP contribution is 2.22. The van der Waals surface area contributed by atoms with Gasteiger partial charge in [-0.15, -0.1) is 0 Å². The van der Waals surface area contributed by atoms with Gasteiger partial charge in [-0.05, 0) is 24.3 Å². The summed E-state index contributed by atoms with van der Waals surface area (Å²) < 4.78 is 31.7. The number of benzene rings is 2. The van der Waals surface area contributed by atoms with Crippen LogP contribution in [0.4, 0.5) is 20.3 Å². The second-order valence-electron chi connectivity index (χ2n) is 6.15. The van der Waals surface area contributed by atoms with E-state index in [-0.39, 0.29) is 22.1 Å². The highest BCUT2D eigenvalue weighted by Gasteiger charge is 2.21. The summed E-state index contributed by atoms with van der Waals surface area (Å²) in [5.41, 5.74) is 0.507. The molecule has 3 rings (SSSR count). The van der Waals surface area contributed by atoms with Gasteiger partial charge in [0.2, 0.25) is 0 Å². The topological polar surface area (TPSA) is 87.3 Å². The number of nitrogens with one attached hydrogen (secondary N) is 2. The van der Waals surface area contributed by atoms with Gasteiger partial charge in [0.15, 0.2) is 17.5 Å². The smallest absolute Gasteiger partial charge is 0.276 e. The summed E-state index contributed by atoms with van der Waals surface area (Å²) in [7, 11) is 1.53. The van der Waals surface area contributed by atoms with Crippen LogP contribution in [0.25, 0.3) is 0 Å². The second-order valence-corrected chi connectivity index (χ2v) is 6.56. The molecule has 0 atom stereocenters. The van der Waals surface area contributed by atoms with Gasteiger partial charge in [-0.2, -0.15) is 5.10 Å². The van der Waals surface area contributed by atoms with E-state index >= 15 is 0 Å². The largest absolute Gasteiger partial charge is 0.383 e. The van der Waals surface area contributed by atoms with Crippen LogP contribution in [-0.4, -0.2) is 42.3 Å². The lowest BCUT2D eigenvalue weighted by Gasteiger charge is -2.21. The minimum Gasteiger partial charge on any atom is -0.383 e. The SMILES string of the molecule is COCCN(C(=O)c1cc(NC(=O)c2cc(F)c(F)cc2Cl)n[nH]1)c1ccccc1. The Balaban J connectivity index is 1.78. The number of anilines is 2. The third-order valence-corrected chi connectivity index (χ3v) is 4.45. The van der Waals surface area contributed by atoms with Crippen molar-refractivity contribution >= 4 is 34.9 Å². The molecule has 2 aromatic carbocycles. The number of methoxy groups -OCH3 is 1. The number of hydrogen-bond acceptors (Lipinski definition) is 4. The monoisotopic (exact) mass is 434 g/mol. The van der Waals surface area contributed by atoms with E-state index in [0.29, 0.717) is 31.0 Å². The van der Waals surface area contributed by atoms with E-state index in [1.54, 1.807) is 24.3 Å². The minimum absolute atomic E-state index is 0.0175. The molecule has 0 aliphatic heterocycles. The molecule has 0 saturated carbocycles. The van der Waals surface area contributed by atoms with Crippen LogP contribution in [-0.2, 0) is 4.74 Å². The molecule has 0 fully saturated rings. The highest BCUT2D eigenvalue weighted by molar-refractivity contribution is 6.34. The number of hydrogen-bond donors (Lipinski definition) is 2. The first-order valence-corrected chi connectivity index (χ1v) is 9.15. The lowest BCUT2D eigenvalue weighted by atomic mass is 10.2. The van der Waals surface area contributed by atoms with Crippen molar-refractivity contribution < 1.29 is 23.1 Å². The molecule has 3 aromatic rings. The van der Waals surface area contributed by atoms with Gasteiger partial charge >= 0.3 is 0 Å². The predicted molar refractivity (Wildman–Crippen MR) is 108 cm³/mol. The fourth-order valence-electron chi connectivity index (χ4n) is 2.66. The fraction of sp³-hybridized carbons (Fsp3) is 0.150. The molecule has 0 saturated heterocycles. The Morgan fingerprint density at radius 2 is 1.87 bits per heavy atom. The van der Waals surface area contributed by atoms with Gasteiger partial charge in [0, 0.05) is 25.4 Å². The number of para-hydroxylation sites is 1. The van der Waals surface area contributed by atoms with Crippen molar-refractivity contribution in [1.82, 2.24) is 10.2 Å². The van der Waals surface area contributed by atoms with Crippen molar-refractivity contribution in [2.45, 2.75) is 0 Å². The van der Waals surface area contributed by atoms with Crippen LogP contribution < -0.4 is 10.2 Å². The normalized spacial score (nSPS) is 10.7. The quantitative estimate of drug-likeness (QED) is 0.552. The van der Waals surface area contributed by atoms with Crippen molar-refractivity contribution in [3.63, 3.8) is 0 Å². The van der Waals surface area contributed by atoms with Gasteiger partial charge < -0.3 is 15.0 Å². The van der Waals surface area contributed by atoms with Gasteiger partial charge in [0.05, 0.1) is 17.2 Å². The maximum Gasteiger partial charge on any atom is 0.276 e. The number of H-pyrrole nitrogens is 1. The van der Waals surface area contributed by atoms with Crippen molar-refractivity contribution in [2.75, 3.05) is 30.5 Å². The number of amides is 2. The first-order valence-electron chi connectivity index (χ1n) is 8.78. The molecule has 2 amide bonds. The average Bonchev–Trinajstić information content (AvgIpc) is 3.20. The zero-order valence-corrected chi connectivity index (χ0v) is 16.5. The van der Waals surface area contributed by atoms with Crippen molar-refractivity contribution in [3.8, 4) is 0 Å². The highest BCUT2D eigenvalue weighted by atomic mass is 35.5. The Labute approximate surface area is 175 Å². The molecule has 30 heavy (non-hydrogen) atoms. The average molecular weight is 435 g/mol. The maximum absolute atomic E-state index is 13.4. The van der Waals surface area contributed by atoms with Crippen LogP contribution in [0.15, 0.2) is 48.5 Å². The summed E-state index contributed by atoms with van der Waals surface area (Å²) in [5.74, 6) is -3.55. The third kappa shape index (κ3) is 4.81. The van der Waals surface area contributed by atoms with Crippen LogP contribution in [0.5, 0.6) is 0 Å². The Kier molecular flexibility index (Phi) is 6.76. The van der Waals surface area contributed by atoms with E-state index in [1.165, 1.54) is 18.1 Å². The number of carbonyl (C=O) groups is 2. The van der Waals surface area contributed by atoms with Gasteiger partial charge in [-0.25, -0.2) is 8.78 Å². The summed E-state index contributed by atoms with van der Waals surface area (Å²) in [6.45, 7) is 0.609. The Morgan fingerprint density at radius 1 is 1.17 bits per heavy atom. The van der Waals surface area contributed by atoms with Gasteiger partial charge in [0.25, 0.3) is 11.8 Å². The molecule has 0 unspecified atom stereocenters. The molecule has 156 valence electrons. The number of halogens is 3. The van der Waals surface area contributed by atoms with E-state index in [1.807, 2.05) is 6.07 Å². The summed E-state index contributed by atoms with van der Waals surface area (Å²) >= 11 is 5.81. The molecular weight excluding hydrogens is 418 g/mol. The minimum atomic E-state index is -1.21. The molecule has 0 aliphatic rings. The Morgan fingerprint density at radius 3 is 2.57 bits per heavy atom. The molecule has 1 aromatic heterocycles. The van der Waals surface area contributed by atoms with Crippen molar-refractivity contribution in [2.24, 2.45) is 0 Å². The van der Waals surface area contributed by atoms with Crippen LogP contribution >= 0.6 is 11.6 Å². The number of ether oxygens (including phenoxy) is 1. The van der Waals surface area contributed by atoms with Crippen LogP contribution in [0.2, 0.25) is 5.02 Å². The van der Waals surface area contributed by atoms with Crippen molar-refractivity contribution in [1.29, 1.82) is 0 Å². The summed E-state index contributed by atoms with van der Waals surface area (Å²) in [6.07, 6.45) is 0. The Hall–Kier alpha value is -3.30. The van der Waals surface area contributed by atoms with Crippen LogP contribution in [0, 0.1) is 11.6 Å². The second kappa shape index (κ2) is 9.47. The molecule has 0 aliphatic carbocycles. The van der Waals surface area contributed by atoms with Gasteiger partial charge in [0.1, 0.15) is 5.69 Å². The zero-order valence-electron chi connectivity index (χ0n) is 15.8. The van der Waals surface area contributed by atoms with E-state index in [4.69, 9.17) is 16.3 Å². The number of nitrogens with zero attached hydrogens (tertiary/aromatic N) is 2. The number of aromatic nitrogens is 2. The molecule has 10 heteroatoms. The molecule has 2 N–H and O–H groups in total. The molecule has 1 heterocycles. The molecule has 0 spiro atoms. The predicted octanol–water partition coefficient (Wildman–Crippen LogP) is 3.89. The molecule has 0 radical (unpaired) electrons. The third-order valence-electron chi connectivity index (χ3n) is 4.14. The molecule has 0 bridgehead atoms. The first kappa shape index (κ1) is 21.4. The van der Waals surface area contributed by atoms with E-state index in [0.717, 1.165) is 0 Å². The maximum atomic E-state index is 13.4. The lowest BCUT2D eigenvalue weighted by Crippen LogP contribution is -2.34. The standard InChI is InChI=1S/C20H17ClF2N4O3/c1-30-8-7-27(12-5-3-2-4-6-12)20(29)17-11-18(26-25-17)24-19(28)13-9-15(22)16(23)10-14(13)21/h2-6,9-11H,7-8H2,1H3,(H2,24,25,26,28). The number of carbonyl (C=O) groups excluding carboxylic acids is 2. The summed E-state index contributed by atoms with van der Waals surface area (Å²) in [4.78, 5) is 26.7. The van der Waals surface area contributed by atoms with E-state index in [9.17, 15) is 18.4 Å². The van der Waals surface area contributed by atoms with Gasteiger partial charge in [-0.3, -0.25) is 14.7 Å². The van der Waals surface area contributed by atoms with E-state index < -0.39 is 23.4 Å². The first-order chi connectivity index (χ1) is 14.4. The summed E-state index contributed by atoms with van der Waals surface area (Å²) in [6, 6.07) is 11.7.